The number of carbonyl (C=O) groups is 1. The fraction of sp³-hybridized carbons (Fsp3) is 0.444. The van der Waals surface area contributed by atoms with Crippen LogP contribution in [0.15, 0.2) is 34.3 Å². The zero-order valence-electron chi connectivity index (χ0n) is 15.4. The normalized spacial score (nSPS) is 11.6. The van der Waals surface area contributed by atoms with Crippen molar-refractivity contribution >= 4 is 15.9 Å². The van der Waals surface area contributed by atoms with E-state index in [0.29, 0.717) is 35.5 Å². The van der Waals surface area contributed by atoms with Crippen LogP contribution in [0.1, 0.15) is 37.5 Å². The molecule has 0 radical (unpaired) electrons. The van der Waals surface area contributed by atoms with Gasteiger partial charge in [-0.15, -0.1) is 0 Å². The number of hydrogen-bond donors (Lipinski definition) is 0. The molecule has 0 saturated heterocycles. The molecule has 2 rings (SSSR count). The molecule has 0 N–H and O–H groups in total. The maximum Gasteiger partial charge on any atom is 0.344 e. The topological polar surface area (TPSA) is 72.3 Å². The van der Waals surface area contributed by atoms with Crippen molar-refractivity contribution in [3.8, 4) is 0 Å². The van der Waals surface area contributed by atoms with Gasteiger partial charge in [0.25, 0.3) is 0 Å². The van der Waals surface area contributed by atoms with Crippen molar-refractivity contribution in [3.63, 3.8) is 0 Å². The summed E-state index contributed by atoms with van der Waals surface area (Å²) in [6.45, 7) is 10.2. The van der Waals surface area contributed by atoms with E-state index in [1.807, 2.05) is 32.9 Å². The van der Waals surface area contributed by atoms with Crippen LogP contribution in [-0.2, 0) is 16.3 Å². The van der Waals surface area contributed by atoms with Crippen LogP contribution in [0.25, 0.3) is 0 Å². The minimum Gasteiger partial charge on any atom is -0.323 e. The van der Waals surface area contributed by atoms with E-state index >= 15 is 0 Å². The summed E-state index contributed by atoms with van der Waals surface area (Å²) < 4.78 is 27.5. The van der Waals surface area contributed by atoms with E-state index < -0.39 is 9.84 Å². The Morgan fingerprint density at radius 1 is 1.12 bits per heavy atom. The third-order valence-corrected chi connectivity index (χ3v) is 6.31. The number of amides is 1. The van der Waals surface area contributed by atoms with Crippen molar-refractivity contribution in [1.82, 2.24) is 14.7 Å². The van der Waals surface area contributed by atoms with E-state index in [1.165, 1.54) is 6.20 Å². The molecule has 2 aromatic rings. The van der Waals surface area contributed by atoms with Gasteiger partial charge in [-0.05, 0) is 45.2 Å². The average molecular weight is 363 g/mol. The van der Waals surface area contributed by atoms with Gasteiger partial charge in [0.1, 0.15) is 0 Å². The van der Waals surface area contributed by atoms with Crippen molar-refractivity contribution in [1.29, 1.82) is 0 Å². The summed E-state index contributed by atoms with van der Waals surface area (Å²) in [7, 11) is -3.80. The Balaban J connectivity index is 2.58. The van der Waals surface area contributed by atoms with Crippen LogP contribution >= 0.6 is 0 Å². The molecule has 1 aromatic heterocycles. The summed E-state index contributed by atoms with van der Waals surface area (Å²) in [5.74, 6) is 0. The third kappa shape index (κ3) is 3.46. The minimum atomic E-state index is -3.80. The Morgan fingerprint density at radius 3 is 2.32 bits per heavy atom. The molecule has 0 aliphatic heterocycles. The van der Waals surface area contributed by atoms with Gasteiger partial charge < -0.3 is 4.90 Å². The Hall–Kier alpha value is -2.15. The number of carbonyl (C=O) groups excluding carboxylic acids is 1. The molecule has 0 unspecified atom stereocenters. The highest BCUT2D eigenvalue weighted by molar-refractivity contribution is 7.91. The first kappa shape index (κ1) is 19.2. The lowest BCUT2D eigenvalue weighted by Crippen LogP contribution is -2.34. The van der Waals surface area contributed by atoms with Crippen LogP contribution < -0.4 is 0 Å². The first-order valence-electron chi connectivity index (χ1n) is 8.46. The van der Waals surface area contributed by atoms with E-state index in [1.54, 1.807) is 24.8 Å². The van der Waals surface area contributed by atoms with E-state index in [0.717, 1.165) is 10.2 Å². The zero-order valence-corrected chi connectivity index (χ0v) is 16.2. The van der Waals surface area contributed by atoms with Crippen molar-refractivity contribution in [2.75, 3.05) is 13.1 Å². The van der Waals surface area contributed by atoms with Crippen LogP contribution in [0.3, 0.4) is 0 Å². The van der Waals surface area contributed by atoms with E-state index in [9.17, 15) is 13.2 Å². The molecule has 6 nitrogen and oxygen atoms in total. The van der Waals surface area contributed by atoms with Gasteiger partial charge in [-0.2, -0.15) is 9.78 Å². The van der Waals surface area contributed by atoms with Gasteiger partial charge >= 0.3 is 6.03 Å². The largest absolute Gasteiger partial charge is 0.344 e. The fourth-order valence-corrected chi connectivity index (χ4v) is 4.83. The number of rotatable bonds is 5. The molecule has 0 spiro atoms. The van der Waals surface area contributed by atoms with Crippen molar-refractivity contribution in [3.05, 3.63) is 41.1 Å². The Kier molecular flexibility index (Phi) is 5.67. The molecule has 1 amide bonds. The lowest BCUT2D eigenvalue weighted by Gasteiger charge is -2.17. The summed E-state index contributed by atoms with van der Waals surface area (Å²) >= 11 is 0. The van der Waals surface area contributed by atoms with E-state index in [2.05, 4.69) is 5.10 Å². The predicted octanol–water partition coefficient (Wildman–Crippen LogP) is 3.21. The molecule has 136 valence electrons. The zero-order chi connectivity index (χ0) is 18.8. The molecule has 0 fully saturated rings. The van der Waals surface area contributed by atoms with Crippen LogP contribution in [0.2, 0.25) is 0 Å². The van der Waals surface area contributed by atoms with Crippen molar-refractivity contribution in [2.24, 2.45) is 0 Å². The van der Waals surface area contributed by atoms with E-state index in [-0.39, 0.29) is 11.1 Å². The third-order valence-electron chi connectivity index (χ3n) is 4.28. The molecule has 0 atom stereocenters. The maximum absolute atomic E-state index is 13.2. The molecule has 7 heteroatoms. The summed E-state index contributed by atoms with van der Waals surface area (Å²) in [6, 6.07) is 5.12. The van der Waals surface area contributed by atoms with Crippen LogP contribution in [0.5, 0.6) is 0 Å². The Morgan fingerprint density at radius 2 is 1.76 bits per heavy atom. The molecular weight excluding hydrogens is 338 g/mol. The number of sulfone groups is 1. The Bertz CT molecular complexity index is 881. The molecule has 25 heavy (non-hydrogen) atoms. The quantitative estimate of drug-likeness (QED) is 0.818. The number of benzene rings is 1. The van der Waals surface area contributed by atoms with Gasteiger partial charge in [-0.25, -0.2) is 13.2 Å². The second-order valence-corrected chi connectivity index (χ2v) is 7.74. The molecule has 0 aliphatic carbocycles. The number of aromatic nitrogens is 2. The highest BCUT2D eigenvalue weighted by Gasteiger charge is 2.29. The molecule has 1 aromatic carbocycles. The van der Waals surface area contributed by atoms with Crippen LogP contribution in [0, 0.1) is 13.8 Å². The lowest BCUT2D eigenvalue weighted by molar-refractivity contribution is 0.201. The number of hydrogen-bond acceptors (Lipinski definition) is 4. The summed E-state index contributed by atoms with van der Waals surface area (Å²) in [6.07, 6.45) is 2.09. The van der Waals surface area contributed by atoms with Gasteiger partial charge in [0.05, 0.1) is 4.90 Å². The molecule has 0 bridgehead atoms. The standard InChI is InChI=1S/C18H25N3O3S/c1-6-15-11-9-10-13(4)16(15)25(23,24)17-14(5)12-21(19-17)18(22)20(7-2)8-3/h9-12H,6-8H2,1-5H3. The molecular formula is C18H25N3O3S. The predicted molar refractivity (Wildman–Crippen MR) is 96.7 cm³/mol. The van der Waals surface area contributed by atoms with E-state index in [4.69, 9.17) is 0 Å². The summed E-state index contributed by atoms with van der Waals surface area (Å²) in [4.78, 5) is 14.3. The first-order valence-corrected chi connectivity index (χ1v) is 9.95. The second-order valence-electron chi connectivity index (χ2n) is 5.94. The van der Waals surface area contributed by atoms with Gasteiger partial charge in [0.2, 0.25) is 9.84 Å². The van der Waals surface area contributed by atoms with Crippen molar-refractivity contribution in [2.45, 2.75) is 51.0 Å². The average Bonchev–Trinajstić information content (AvgIpc) is 2.98. The lowest BCUT2D eigenvalue weighted by atomic mass is 10.1. The molecule has 0 aliphatic rings. The Labute approximate surface area is 149 Å². The minimum absolute atomic E-state index is 0.0583. The smallest absolute Gasteiger partial charge is 0.323 e. The number of aryl methyl sites for hydroxylation is 3. The van der Waals surface area contributed by atoms with Gasteiger partial charge in [0, 0.05) is 24.8 Å². The first-order chi connectivity index (χ1) is 11.8. The van der Waals surface area contributed by atoms with Crippen molar-refractivity contribution < 1.29 is 13.2 Å². The van der Waals surface area contributed by atoms with Crippen LogP contribution in [0.4, 0.5) is 4.79 Å². The highest BCUT2D eigenvalue weighted by Crippen LogP contribution is 2.28. The number of nitrogens with zero attached hydrogens (tertiary/aromatic N) is 3. The SMILES string of the molecule is CCc1cccc(C)c1S(=O)(=O)c1nn(C(=O)N(CC)CC)cc1C. The van der Waals surface area contributed by atoms with Gasteiger partial charge in [-0.1, -0.05) is 25.1 Å². The fourth-order valence-electron chi connectivity index (χ4n) is 2.92. The van der Waals surface area contributed by atoms with Gasteiger partial charge in [0.15, 0.2) is 5.03 Å². The summed E-state index contributed by atoms with van der Waals surface area (Å²) in [5.41, 5.74) is 1.90. The molecule has 0 saturated carbocycles. The van der Waals surface area contributed by atoms with Gasteiger partial charge in [-0.3, -0.25) is 0 Å². The molecule has 1 heterocycles. The maximum atomic E-state index is 13.2. The second kappa shape index (κ2) is 7.39. The highest BCUT2D eigenvalue weighted by atomic mass is 32.2. The summed E-state index contributed by atoms with van der Waals surface area (Å²) in [5, 5.41) is 4.07. The van der Waals surface area contributed by atoms with Crippen LogP contribution in [-0.4, -0.2) is 42.2 Å². The monoisotopic (exact) mass is 363 g/mol.